The van der Waals surface area contributed by atoms with Crippen LogP contribution in [0.15, 0.2) is 24.3 Å². The van der Waals surface area contributed by atoms with Crippen molar-refractivity contribution in [3.8, 4) is 0 Å². The molecule has 0 saturated carbocycles. The molecule has 1 aliphatic rings. The third-order valence-electron chi connectivity index (χ3n) is 4.50. The fourth-order valence-electron chi connectivity index (χ4n) is 3.03. The average molecular weight is 377 g/mol. The van der Waals surface area contributed by atoms with E-state index in [1.807, 2.05) is 27.7 Å². The van der Waals surface area contributed by atoms with Crippen molar-refractivity contribution in [1.82, 2.24) is 10.2 Å². The second-order valence-electron chi connectivity index (χ2n) is 8.14. The Kier molecular flexibility index (Phi) is 6.08. The number of piperidine rings is 1. The van der Waals surface area contributed by atoms with Crippen LogP contribution in [-0.4, -0.2) is 46.1 Å². The van der Waals surface area contributed by atoms with Gasteiger partial charge in [-0.2, -0.15) is 0 Å². The van der Waals surface area contributed by atoms with Crippen LogP contribution < -0.4 is 5.32 Å². The van der Waals surface area contributed by atoms with Crippen molar-refractivity contribution in [2.75, 3.05) is 13.1 Å². The van der Waals surface area contributed by atoms with Crippen molar-refractivity contribution < 1.29 is 19.2 Å². The molecule has 8 heteroatoms. The van der Waals surface area contributed by atoms with Crippen molar-refractivity contribution in [2.45, 2.75) is 58.1 Å². The van der Waals surface area contributed by atoms with Crippen LogP contribution in [0.4, 0.5) is 10.5 Å². The molecule has 2 amide bonds. The van der Waals surface area contributed by atoms with Gasteiger partial charge in [0, 0.05) is 30.3 Å². The first-order valence-electron chi connectivity index (χ1n) is 9.00. The minimum atomic E-state index is -0.545. The summed E-state index contributed by atoms with van der Waals surface area (Å²) < 4.78 is 5.38. The highest BCUT2D eigenvalue weighted by Crippen LogP contribution is 2.24. The Morgan fingerprint density at radius 2 is 1.85 bits per heavy atom. The van der Waals surface area contributed by atoms with E-state index >= 15 is 0 Å². The first kappa shape index (κ1) is 20.7. The standard InChI is InChI=1S/C19H27N3O5/c1-18(2,3)27-17(24)21-11-9-19(4,10-12-21)20-16(23)13-14-7-5-6-8-15(14)22(25)26/h5-8H,9-13H2,1-4H3,(H,20,23). The van der Waals surface area contributed by atoms with Gasteiger partial charge in [-0.05, 0) is 40.5 Å². The zero-order valence-corrected chi connectivity index (χ0v) is 16.3. The van der Waals surface area contributed by atoms with E-state index in [4.69, 9.17) is 4.74 Å². The Bertz CT molecular complexity index is 718. The van der Waals surface area contributed by atoms with E-state index in [0.29, 0.717) is 31.5 Å². The number of para-hydroxylation sites is 1. The summed E-state index contributed by atoms with van der Waals surface area (Å²) in [6, 6.07) is 6.23. The van der Waals surface area contributed by atoms with E-state index in [-0.39, 0.29) is 24.1 Å². The van der Waals surface area contributed by atoms with Crippen LogP contribution >= 0.6 is 0 Å². The maximum Gasteiger partial charge on any atom is 0.410 e. The van der Waals surface area contributed by atoms with Crippen molar-refractivity contribution in [2.24, 2.45) is 0 Å². The molecule has 1 saturated heterocycles. The molecular weight excluding hydrogens is 350 g/mol. The predicted molar refractivity (Wildman–Crippen MR) is 100 cm³/mol. The van der Waals surface area contributed by atoms with E-state index in [1.54, 1.807) is 23.1 Å². The summed E-state index contributed by atoms with van der Waals surface area (Å²) in [5.41, 5.74) is -0.678. The molecule has 0 aromatic heterocycles. The fraction of sp³-hybridized carbons (Fsp3) is 0.579. The molecule has 1 fully saturated rings. The Balaban J connectivity index is 1.92. The van der Waals surface area contributed by atoms with Crippen LogP contribution in [-0.2, 0) is 16.0 Å². The number of amides is 2. The molecule has 0 atom stereocenters. The number of benzene rings is 1. The topological polar surface area (TPSA) is 102 Å². The van der Waals surface area contributed by atoms with Gasteiger partial charge >= 0.3 is 6.09 Å². The number of likely N-dealkylation sites (tertiary alicyclic amines) is 1. The second kappa shape index (κ2) is 7.94. The van der Waals surface area contributed by atoms with Crippen LogP contribution in [0.5, 0.6) is 0 Å². The van der Waals surface area contributed by atoms with E-state index in [0.717, 1.165) is 0 Å². The third-order valence-corrected chi connectivity index (χ3v) is 4.50. The van der Waals surface area contributed by atoms with Crippen molar-refractivity contribution in [3.05, 3.63) is 39.9 Å². The molecular formula is C19H27N3O5. The Morgan fingerprint density at radius 1 is 1.26 bits per heavy atom. The Morgan fingerprint density at radius 3 is 2.41 bits per heavy atom. The van der Waals surface area contributed by atoms with E-state index in [2.05, 4.69) is 5.32 Å². The minimum Gasteiger partial charge on any atom is -0.444 e. The summed E-state index contributed by atoms with van der Waals surface area (Å²) >= 11 is 0. The molecule has 0 bridgehead atoms. The molecule has 1 aliphatic heterocycles. The van der Waals surface area contributed by atoms with Crippen LogP contribution in [0.1, 0.15) is 46.1 Å². The van der Waals surface area contributed by atoms with E-state index < -0.39 is 16.1 Å². The molecule has 1 heterocycles. The Labute approximate surface area is 159 Å². The molecule has 1 N–H and O–H groups in total. The lowest BCUT2D eigenvalue weighted by Gasteiger charge is -2.40. The summed E-state index contributed by atoms with van der Waals surface area (Å²) in [4.78, 5) is 36.8. The lowest BCUT2D eigenvalue weighted by atomic mass is 9.89. The highest BCUT2D eigenvalue weighted by Gasteiger charge is 2.34. The van der Waals surface area contributed by atoms with Gasteiger partial charge in [-0.1, -0.05) is 18.2 Å². The van der Waals surface area contributed by atoms with Crippen molar-refractivity contribution in [3.63, 3.8) is 0 Å². The lowest BCUT2D eigenvalue weighted by molar-refractivity contribution is -0.385. The van der Waals surface area contributed by atoms with Gasteiger partial charge in [-0.3, -0.25) is 14.9 Å². The third kappa shape index (κ3) is 5.94. The first-order chi connectivity index (χ1) is 12.5. The van der Waals surface area contributed by atoms with Crippen LogP contribution in [0.25, 0.3) is 0 Å². The van der Waals surface area contributed by atoms with Gasteiger partial charge in [0.25, 0.3) is 5.69 Å². The van der Waals surface area contributed by atoms with Gasteiger partial charge in [0.2, 0.25) is 5.91 Å². The second-order valence-corrected chi connectivity index (χ2v) is 8.14. The SMILES string of the molecule is CC1(NC(=O)Cc2ccccc2[N+](=O)[O-])CCN(C(=O)OC(C)(C)C)CC1. The van der Waals surface area contributed by atoms with Gasteiger partial charge in [0.1, 0.15) is 5.60 Å². The monoisotopic (exact) mass is 377 g/mol. The number of hydrogen-bond donors (Lipinski definition) is 1. The number of nitrogens with one attached hydrogen (secondary N) is 1. The number of rotatable bonds is 4. The molecule has 2 rings (SSSR count). The number of nitro benzene ring substituents is 1. The van der Waals surface area contributed by atoms with E-state index in [9.17, 15) is 19.7 Å². The normalized spacial score (nSPS) is 16.5. The number of nitrogens with zero attached hydrogens (tertiary/aromatic N) is 2. The maximum absolute atomic E-state index is 12.4. The summed E-state index contributed by atoms with van der Waals surface area (Å²) in [6.07, 6.45) is 0.780. The summed E-state index contributed by atoms with van der Waals surface area (Å²) in [5, 5.41) is 14.1. The fourth-order valence-corrected chi connectivity index (χ4v) is 3.03. The molecule has 8 nitrogen and oxygen atoms in total. The molecule has 1 aromatic rings. The van der Waals surface area contributed by atoms with Gasteiger partial charge < -0.3 is 15.0 Å². The molecule has 0 unspecified atom stereocenters. The number of hydrogen-bond acceptors (Lipinski definition) is 5. The first-order valence-corrected chi connectivity index (χ1v) is 9.00. The highest BCUT2D eigenvalue weighted by atomic mass is 16.6. The molecule has 0 aliphatic carbocycles. The molecule has 1 aromatic carbocycles. The number of carbonyl (C=O) groups is 2. The summed E-state index contributed by atoms with van der Waals surface area (Å²) in [7, 11) is 0. The summed E-state index contributed by atoms with van der Waals surface area (Å²) in [6.45, 7) is 8.36. The van der Waals surface area contributed by atoms with Crippen molar-refractivity contribution in [1.29, 1.82) is 0 Å². The van der Waals surface area contributed by atoms with Crippen LogP contribution in [0.3, 0.4) is 0 Å². The number of ether oxygens (including phenoxy) is 1. The van der Waals surface area contributed by atoms with Crippen LogP contribution in [0.2, 0.25) is 0 Å². The number of nitro groups is 1. The maximum atomic E-state index is 12.4. The van der Waals surface area contributed by atoms with Crippen molar-refractivity contribution >= 4 is 17.7 Å². The van der Waals surface area contributed by atoms with Gasteiger partial charge in [0.15, 0.2) is 0 Å². The average Bonchev–Trinajstić information content (AvgIpc) is 2.53. The molecule has 148 valence electrons. The Hall–Kier alpha value is -2.64. The zero-order valence-electron chi connectivity index (χ0n) is 16.3. The molecule has 0 radical (unpaired) electrons. The largest absolute Gasteiger partial charge is 0.444 e. The van der Waals surface area contributed by atoms with Gasteiger partial charge in [0.05, 0.1) is 11.3 Å². The van der Waals surface area contributed by atoms with Crippen LogP contribution in [0, 0.1) is 10.1 Å². The van der Waals surface area contributed by atoms with E-state index in [1.165, 1.54) is 6.07 Å². The summed E-state index contributed by atoms with van der Waals surface area (Å²) in [5.74, 6) is -0.266. The predicted octanol–water partition coefficient (Wildman–Crippen LogP) is 3.04. The number of carbonyl (C=O) groups excluding carboxylic acids is 2. The molecule has 0 spiro atoms. The van der Waals surface area contributed by atoms with Gasteiger partial charge in [-0.25, -0.2) is 4.79 Å². The smallest absolute Gasteiger partial charge is 0.410 e. The van der Waals surface area contributed by atoms with Gasteiger partial charge in [-0.15, -0.1) is 0 Å². The quantitative estimate of drug-likeness (QED) is 0.642. The zero-order chi connectivity index (χ0) is 20.2. The lowest BCUT2D eigenvalue weighted by Crippen LogP contribution is -2.55. The highest BCUT2D eigenvalue weighted by molar-refractivity contribution is 5.80. The molecule has 27 heavy (non-hydrogen) atoms. The minimum absolute atomic E-state index is 0.0531.